The molecule has 1 aliphatic heterocycles. The highest BCUT2D eigenvalue weighted by Crippen LogP contribution is 2.26. The molecule has 1 fully saturated rings. The first kappa shape index (κ1) is 15.0. The van der Waals surface area contributed by atoms with E-state index in [0.29, 0.717) is 13.0 Å². The molecule has 5 heteroatoms. The third kappa shape index (κ3) is 4.64. The quantitative estimate of drug-likeness (QED) is 0.810. The Morgan fingerprint density at radius 2 is 1.83 bits per heavy atom. The van der Waals surface area contributed by atoms with Gasteiger partial charge in [0.2, 0.25) is 5.91 Å². The fraction of sp³-hybridized carbons (Fsp3) is 0.846. The van der Waals surface area contributed by atoms with Crippen molar-refractivity contribution in [2.24, 2.45) is 5.92 Å². The summed E-state index contributed by atoms with van der Waals surface area (Å²) in [5, 5.41) is 8.56. The number of aliphatic carboxylic acids is 1. The maximum Gasteiger partial charge on any atom is 0.303 e. The maximum atomic E-state index is 12.2. The number of nitrogens with zero attached hydrogens (tertiary/aromatic N) is 1. The lowest BCUT2D eigenvalue weighted by Gasteiger charge is -2.33. The molecule has 0 spiro atoms. The van der Waals surface area contributed by atoms with Crippen LogP contribution in [0.4, 0.5) is 0 Å². The van der Waals surface area contributed by atoms with Crippen molar-refractivity contribution in [3.05, 3.63) is 0 Å². The molecular weight excluding hydrogens is 234 g/mol. The molecule has 18 heavy (non-hydrogen) atoms. The normalized spacial score (nSPS) is 27.8. The van der Waals surface area contributed by atoms with Crippen LogP contribution in [-0.4, -0.2) is 47.7 Å². The van der Waals surface area contributed by atoms with Crippen molar-refractivity contribution in [3.63, 3.8) is 0 Å². The van der Waals surface area contributed by atoms with Gasteiger partial charge in [-0.25, -0.2) is 0 Å². The van der Waals surface area contributed by atoms with Crippen molar-refractivity contribution >= 4 is 11.9 Å². The molecule has 0 aromatic carbocycles. The average Bonchev–Trinajstić information content (AvgIpc) is 2.26. The van der Waals surface area contributed by atoms with Gasteiger partial charge in [-0.2, -0.15) is 0 Å². The summed E-state index contributed by atoms with van der Waals surface area (Å²) in [5.74, 6) is -0.690. The second kappa shape index (κ2) is 6.73. The second-order valence-electron chi connectivity index (χ2n) is 5.18. The third-order valence-electron chi connectivity index (χ3n) is 3.31. The molecule has 0 radical (unpaired) electrons. The minimum atomic E-state index is -0.816. The zero-order chi connectivity index (χ0) is 13.7. The van der Waals surface area contributed by atoms with Crippen molar-refractivity contribution in [2.75, 3.05) is 13.6 Å². The molecule has 0 aromatic heterocycles. The van der Waals surface area contributed by atoms with Gasteiger partial charge in [-0.3, -0.25) is 9.59 Å². The number of hydrogen-bond donors (Lipinski definition) is 1. The van der Waals surface area contributed by atoms with Crippen LogP contribution in [0.2, 0.25) is 0 Å². The fourth-order valence-corrected chi connectivity index (χ4v) is 2.50. The number of ether oxygens (including phenoxy) is 1. The van der Waals surface area contributed by atoms with E-state index < -0.39 is 5.97 Å². The fourth-order valence-electron chi connectivity index (χ4n) is 2.50. The number of carboxylic acids is 1. The van der Waals surface area contributed by atoms with Crippen LogP contribution in [0.5, 0.6) is 0 Å². The Morgan fingerprint density at radius 3 is 2.33 bits per heavy atom. The minimum absolute atomic E-state index is 0.0126. The summed E-state index contributed by atoms with van der Waals surface area (Å²) < 4.78 is 5.61. The van der Waals surface area contributed by atoms with Gasteiger partial charge in [-0.1, -0.05) is 0 Å². The molecule has 0 aliphatic carbocycles. The number of hydrogen-bond acceptors (Lipinski definition) is 3. The highest BCUT2D eigenvalue weighted by atomic mass is 16.5. The summed E-state index contributed by atoms with van der Waals surface area (Å²) >= 11 is 0. The summed E-state index contributed by atoms with van der Waals surface area (Å²) in [6.07, 6.45) is 2.37. The number of carboxylic acid groups (broad SMARTS) is 1. The van der Waals surface area contributed by atoms with Gasteiger partial charge in [-0.05, 0) is 33.1 Å². The van der Waals surface area contributed by atoms with E-state index in [1.807, 2.05) is 13.8 Å². The Balaban J connectivity index is 2.40. The molecule has 1 aliphatic rings. The lowest BCUT2D eigenvalue weighted by Crippen LogP contribution is -2.40. The summed E-state index contributed by atoms with van der Waals surface area (Å²) in [6.45, 7) is 4.48. The van der Waals surface area contributed by atoms with E-state index in [-0.39, 0.29) is 30.5 Å². The molecule has 0 saturated carbocycles. The predicted molar refractivity (Wildman–Crippen MR) is 67.2 cm³/mol. The van der Waals surface area contributed by atoms with Gasteiger partial charge in [0.15, 0.2) is 0 Å². The standard InChI is InChI=1S/C13H23NO4/c1-9-7-11(8-10(2)18-9)13(17)14(3)6-4-5-12(15)16/h9-11H,4-8H2,1-3H3,(H,15,16). The zero-order valence-corrected chi connectivity index (χ0v) is 11.4. The van der Waals surface area contributed by atoms with Gasteiger partial charge < -0.3 is 14.7 Å². The van der Waals surface area contributed by atoms with Crippen LogP contribution >= 0.6 is 0 Å². The summed E-state index contributed by atoms with van der Waals surface area (Å²) in [7, 11) is 1.75. The van der Waals surface area contributed by atoms with Crippen molar-refractivity contribution in [2.45, 2.75) is 51.7 Å². The molecule has 1 amide bonds. The van der Waals surface area contributed by atoms with Crippen LogP contribution in [0, 0.1) is 5.92 Å². The largest absolute Gasteiger partial charge is 0.481 e. The molecular formula is C13H23NO4. The molecule has 0 aromatic rings. The Labute approximate surface area is 108 Å². The first-order valence-electron chi connectivity index (χ1n) is 6.52. The Morgan fingerprint density at radius 1 is 1.28 bits per heavy atom. The first-order valence-corrected chi connectivity index (χ1v) is 6.52. The monoisotopic (exact) mass is 257 g/mol. The Kier molecular flexibility index (Phi) is 5.59. The van der Waals surface area contributed by atoms with E-state index in [1.54, 1.807) is 11.9 Å². The second-order valence-corrected chi connectivity index (χ2v) is 5.18. The van der Waals surface area contributed by atoms with E-state index in [2.05, 4.69) is 0 Å². The van der Waals surface area contributed by atoms with E-state index in [9.17, 15) is 9.59 Å². The van der Waals surface area contributed by atoms with Gasteiger partial charge in [0.1, 0.15) is 0 Å². The Bertz CT molecular complexity index is 295. The predicted octanol–water partition coefficient (Wildman–Crippen LogP) is 1.51. The molecule has 1 rings (SSSR count). The van der Waals surface area contributed by atoms with Crippen molar-refractivity contribution in [3.8, 4) is 0 Å². The van der Waals surface area contributed by atoms with Crippen LogP contribution in [0.15, 0.2) is 0 Å². The lowest BCUT2D eigenvalue weighted by atomic mass is 9.91. The van der Waals surface area contributed by atoms with E-state index in [4.69, 9.17) is 9.84 Å². The minimum Gasteiger partial charge on any atom is -0.481 e. The molecule has 0 bridgehead atoms. The van der Waals surface area contributed by atoms with Crippen LogP contribution in [0.3, 0.4) is 0 Å². The molecule has 104 valence electrons. The highest BCUT2D eigenvalue weighted by Gasteiger charge is 2.31. The molecule has 1 saturated heterocycles. The molecule has 5 nitrogen and oxygen atoms in total. The number of rotatable bonds is 5. The summed E-state index contributed by atoms with van der Waals surface area (Å²) in [6, 6.07) is 0. The average molecular weight is 257 g/mol. The smallest absolute Gasteiger partial charge is 0.303 e. The van der Waals surface area contributed by atoms with E-state index in [1.165, 1.54) is 0 Å². The van der Waals surface area contributed by atoms with Crippen LogP contribution in [0.1, 0.15) is 39.5 Å². The van der Waals surface area contributed by atoms with Crippen LogP contribution in [0.25, 0.3) is 0 Å². The van der Waals surface area contributed by atoms with Gasteiger partial charge in [-0.15, -0.1) is 0 Å². The zero-order valence-electron chi connectivity index (χ0n) is 11.4. The van der Waals surface area contributed by atoms with Crippen molar-refractivity contribution in [1.82, 2.24) is 4.90 Å². The highest BCUT2D eigenvalue weighted by molar-refractivity contribution is 5.78. The van der Waals surface area contributed by atoms with Gasteiger partial charge in [0.25, 0.3) is 0 Å². The summed E-state index contributed by atoms with van der Waals surface area (Å²) in [4.78, 5) is 24.3. The topological polar surface area (TPSA) is 66.8 Å². The van der Waals surface area contributed by atoms with Crippen molar-refractivity contribution < 1.29 is 19.4 Å². The number of amides is 1. The van der Waals surface area contributed by atoms with Gasteiger partial charge in [0.05, 0.1) is 12.2 Å². The molecule has 1 N–H and O–H groups in total. The first-order chi connectivity index (χ1) is 8.40. The molecule has 1 heterocycles. The SMILES string of the molecule is CC1CC(C(=O)N(C)CCCC(=O)O)CC(C)O1. The van der Waals surface area contributed by atoms with Crippen LogP contribution < -0.4 is 0 Å². The maximum absolute atomic E-state index is 12.2. The number of carbonyl (C=O) groups is 2. The van der Waals surface area contributed by atoms with Gasteiger partial charge in [0, 0.05) is 25.9 Å². The van der Waals surface area contributed by atoms with Gasteiger partial charge >= 0.3 is 5.97 Å². The van der Waals surface area contributed by atoms with Crippen molar-refractivity contribution in [1.29, 1.82) is 0 Å². The van der Waals surface area contributed by atoms with E-state index >= 15 is 0 Å². The van der Waals surface area contributed by atoms with E-state index in [0.717, 1.165) is 12.8 Å². The molecule has 2 unspecified atom stereocenters. The third-order valence-corrected chi connectivity index (χ3v) is 3.31. The lowest BCUT2D eigenvalue weighted by molar-refractivity contribution is -0.143. The van der Waals surface area contributed by atoms with Crippen LogP contribution in [-0.2, 0) is 14.3 Å². The molecule has 2 atom stereocenters. The summed E-state index contributed by atoms with van der Waals surface area (Å²) in [5.41, 5.74) is 0. The Hall–Kier alpha value is -1.10. The number of carbonyl (C=O) groups excluding carboxylic acids is 1.